The predicted molar refractivity (Wildman–Crippen MR) is 80.3 cm³/mol. The molecule has 2 rings (SSSR count). The molecule has 1 heterocycles. The maximum atomic E-state index is 10.8. The van der Waals surface area contributed by atoms with E-state index >= 15 is 0 Å². The van der Waals surface area contributed by atoms with Crippen LogP contribution in [0.25, 0.3) is 0 Å². The van der Waals surface area contributed by atoms with E-state index in [0.717, 1.165) is 38.4 Å². The van der Waals surface area contributed by atoms with Crippen molar-refractivity contribution in [1.82, 2.24) is 10.2 Å². The van der Waals surface area contributed by atoms with E-state index in [9.17, 15) is 5.11 Å². The van der Waals surface area contributed by atoms with Gasteiger partial charge in [-0.25, -0.2) is 0 Å². The molecule has 1 atom stereocenters. The van der Waals surface area contributed by atoms with Crippen LogP contribution in [-0.4, -0.2) is 47.8 Å². The van der Waals surface area contributed by atoms with Gasteiger partial charge in [0.05, 0.1) is 5.60 Å². The normalized spacial score (nSPS) is 27.9. The van der Waals surface area contributed by atoms with Crippen molar-refractivity contribution in [3.63, 3.8) is 0 Å². The van der Waals surface area contributed by atoms with Crippen molar-refractivity contribution < 1.29 is 5.11 Å². The average molecular weight is 268 g/mol. The minimum Gasteiger partial charge on any atom is -0.389 e. The molecule has 112 valence electrons. The molecule has 1 aliphatic heterocycles. The van der Waals surface area contributed by atoms with Crippen LogP contribution in [-0.2, 0) is 0 Å². The van der Waals surface area contributed by atoms with E-state index in [1.54, 1.807) is 0 Å². The minimum atomic E-state index is -0.412. The lowest BCUT2D eigenvalue weighted by atomic mass is 9.84. The van der Waals surface area contributed by atoms with Gasteiger partial charge >= 0.3 is 0 Å². The molecule has 2 N–H and O–H groups in total. The molecule has 19 heavy (non-hydrogen) atoms. The largest absolute Gasteiger partial charge is 0.389 e. The molecular formula is C16H32N2O. The zero-order valence-electron chi connectivity index (χ0n) is 12.8. The summed E-state index contributed by atoms with van der Waals surface area (Å²) in [6.07, 6.45) is 8.35. The Balaban J connectivity index is 1.87. The van der Waals surface area contributed by atoms with E-state index in [1.165, 1.54) is 38.6 Å². The highest BCUT2D eigenvalue weighted by molar-refractivity contribution is 4.87. The monoisotopic (exact) mass is 268 g/mol. The van der Waals surface area contributed by atoms with Crippen molar-refractivity contribution in [2.24, 2.45) is 5.92 Å². The zero-order valence-corrected chi connectivity index (χ0v) is 12.8. The highest BCUT2D eigenvalue weighted by Crippen LogP contribution is 2.29. The summed E-state index contributed by atoms with van der Waals surface area (Å²) in [6.45, 7) is 8.89. The maximum Gasteiger partial charge on any atom is 0.0774 e. The molecule has 0 spiro atoms. The molecule has 1 saturated carbocycles. The SMILES string of the molecule is CC(C)N(CC1CCCNC1)CC1(O)CCCCC1. The van der Waals surface area contributed by atoms with Crippen LogP contribution in [0.4, 0.5) is 0 Å². The fourth-order valence-corrected chi connectivity index (χ4v) is 3.62. The molecule has 2 aliphatic rings. The summed E-state index contributed by atoms with van der Waals surface area (Å²) in [5.41, 5.74) is -0.412. The lowest BCUT2D eigenvalue weighted by Crippen LogP contribution is -2.49. The molecule has 0 bridgehead atoms. The number of hydrogen-bond donors (Lipinski definition) is 2. The van der Waals surface area contributed by atoms with Gasteiger partial charge in [-0.05, 0) is 58.5 Å². The summed E-state index contributed by atoms with van der Waals surface area (Å²) in [5, 5.41) is 14.3. The molecule has 2 fully saturated rings. The fraction of sp³-hybridized carbons (Fsp3) is 1.00. The highest BCUT2D eigenvalue weighted by Gasteiger charge is 2.32. The second-order valence-corrected chi connectivity index (χ2v) is 7.02. The average Bonchev–Trinajstić information content (AvgIpc) is 2.39. The van der Waals surface area contributed by atoms with Crippen LogP contribution in [0.15, 0.2) is 0 Å². The molecule has 1 saturated heterocycles. The molecule has 0 aromatic heterocycles. The van der Waals surface area contributed by atoms with Gasteiger partial charge in [0.1, 0.15) is 0 Å². The molecule has 0 amide bonds. The van der Waals surface area contributed by atoms with Crippen molar-refractivity contribution >= 4 is 0 Å². The van der Waals surface area contributed by atoms with E-state index in [4.69, 9.17) is 0 Å². The van der Waals surface area contributed by atoms with Gasteiger partial charge in [-0.2, -0.15) is 0 Å². The second-order valence-electron chi connectivity index (χ2n) is 7.02. The van der Waals surface area contributed by atoms with Crippen LogP contribution in [0, 0.1) is 5.92 Å². The van der Waals surface area contributed by atoms with Gasteiger partial charge in [0.15, 0.2) is 0 Å². The van der Waals surface area contributed by atoms with Crippen LogP contribution in [0.1, 0.15) is 58.8 Å². The van der Waals surface area contributed by atoms with Crippen LogP contribution >= 0.6 is 0 Å². The van der Waals surface area contributed by atoms with Crippen molar-refractivity contribution in [2.45, 2.75) is 70.4 Å². The van der Waals surface area contributed by atoms with Gasteiger partial charge in [0, 0.05) is 19.1 Å². The number of nitrogens with one attached hydrogen (secondary N) is 1. The molecule has 0 radical (unpaired) electrons. The Kier molecular flexibility index (Phi) is 5.67. The smallest absolute Gasteiger partial charge is 0.0774 e. The second kappa shape index (κ2) is 7.05. The first-order valence-corrected chi connectivity index (χ1v) is 8.26. The first kappa shape index (κ1) is 15.3. The number of hydrogen-bond acceptors (Lipinski definition) is 3. The molecule has 3 nitrogen and oxygen atoms in total. The number of piperidine rings is 1. The summed E-state index contributed by atoms with van der Waals surface area (Å²) in [5.74, 6) is 0.767. The van der Waals surface area contributed by atoms with Crippen molar-refractivity contribution in [1.29, 1.82) is 0 Å². The molecular weight excluding hydrogens is 236 g/mol. The Morgan fingerprint density at radius 1 is 1.21 bits per heavy atom. The fourth-order valence-electron chi connectivity index (χ4n) is 3.62. The minimum absolute atomic E-state index is 0.412. The Morgan fingerprint density at radius 2 is 1.95 bits per heavy atom. The molecule has 3 heteroatoms. The van der Waals surface area contributed by atoms with E-state index in [2.05, 4.69) is 24.1 Å². The lowest BCUT2D eigenvalue weighted by molar-refractivity contribution is -0.0369. The van der Waals surface area contributed by atoms with Gasteiger partial charge in [-0.3, -0.25) is 4.90 Å². The van der Waals surface area contributed by atoms with Gasteiger partial charge < -0.3 is 10.4 Å². The van der Waals surface area contributed by atoms with Crippen molar-refractivity contribution in [3.8, 4) is 0 Å². The van der Waals surface area contributed by atoms with E-state index in [1.807, 2.05) is 0 Å². The third-order valence-electron chi connectivity index (χ3n) is 4.90. The van der Waals surface area contributed by atoms with E-state index < -0.39 is 5.60 Å². The van der Waals surface area contributed by atoms with Crippen LogP contribution in [0.2, 0.25) is 0 Å². The standard InChI is InChI=1S/C16H32N2O/c1-14(2)18(12-15-7-6-10-17-11-15)13-16(19)8-4-3-5-9-16/h14-15,17,19H,3-13H2,1-2H3. The first-order valence-electron chi connectivity index (χ1n) is 8.26. The van der Waals surface area contributed by atoms with Gasteiger partial charge in [-0.1, -0.05) is 19.3 Å². The Hall–Kier alpha value is -0.120. The quantitative estimate of drug-likeness (QED) is 0.803. The molecule has 1 aliphatic carbocycles. The third kappa shape index (κ3) is 4.73. The Bertz CT molecular complexity index is 255. The van der Waals surface area contributed by atoms with Crippen molar-refractivity contribution in [2.75, 3.05) is 26.2 Å². The van der Waals surface area contributed by atoms with Crippen molar-refractivity contribution in [3.05, 3.63) is 0 Å². The van der Waals surface area contributed by atoms with Crippen LogP contribution in [0.5, 0.6) is 0 Å². The summed E-state index contributed by atoms with van der Waals surface area (Å²) in [4.78, 5) is 2.52. The van der Waals surface area contributed by atoms with E-state index in [-0.39, 0.29) is 0 Å². The summed E-state index contributed by atoms with van der Waals surface area (Å²) >= 11 is 0. The van der Waals surface area contributed by atoms with Crippen LogP contribution < -0.4 is 5.32 Å². The van der Waals surface area contributed by atoms with Gasteiger partial charge in [-0.15, -0.1) is 0 Å². The van der Waals surface area contributed by atoms with Crippen LogP contribution in [0.3, 0.4) is 0 Å². The highest BCUT2D eigenvalue weighted by atomic mass is 16.3. The number of nitrogens with zero attached hydrogens (tertiary/aromatic N) is 1. The molecule has 1 unspecified atom stereocenters. The summed E-state index contributed by atoms with van der Waals surface area (Å²) in [6, 6.07) is 0.535. The number of aliphatic hydroxyl groups is 1. The van der Waals surface area contributed by atoms with Gasteiger partial charge in [0.2, 0.25) is 0 Å². The number of rotatable bonds is 5. The lowest BCUT2D eigenvalue weighted by Gasteiger charge is -2.40. The molecule has 0 aromatic rings. The summed E-state index contributed by atoms with van der Waals surface area (Å²) in [7, 11) is 0. The third-order valence-corrected chi connectivity index (χ3v) is 4.90. The molecule has 0 aromatic carbocycles. The maximum absolute atomic E-state index is 10.8. The first-order chi connectivity index (χ1) is 9.09. The zero-order chi connectivity index (χ0) is 13.7. The summed E-state index contributed by atoms with van der Waals surface area (Å²) < 4.78 is 0. The predicted octanol–water partition coefficient (Wildman–Crippen LogP) is 2.39. The van der Waals surface area contributed by atoms with Gasteiger partial charge in [0.25, 0.3) is 0 Å². The topological polar surface area (TPSA) is 35.5 Å². The Morgan fingerprint density at radius 3 is 2.53 bits per heavy atom. The van der Waals surface area contributed by atoms with E-state index in [0.29, 0.717) is 6.04 Å². The Labute approximate surface area is 118 Å².